The smallest absolute Gasteiger partial charge is 0.223 e. The van der Waals surface area contributed by atoms with Gasteiger partial charge in [-0.05, 0) is 42.5 Å². The van der Waals surface area contributed by atoms with Crippen LogP contribution in [0, 0.1) is 0 Å². The van der Waals surface area contributed by atoms with Crippen LogP contribution >= 0.6 is 0 Å². The zero-order chi connectivity index (χ0) is 24.3. The van der Waals surface area contributed by atoms with E-state index in [0.717, 1.165) is 32.4 Å². The summed E-state index contributed by atoms with van der Waals surface area (Å²) < 4.78 is 0. The van der Waals surface area contributed by atoms with E-state index >= 15 is 0 Å². The monoisotopic (exact) mass is 469 g/mol. The van der Waals surface area contributed by atoms with Crippen molar-refractivity contribution < 1.29 is 9.59 Å². The summed E-state index contributed by atoms with van der Waals surface area (Å²) >= 11 is 0. The molecule has 5 heteroatoms. The Morgan fingerprint density at radius 2 is 1.29 bits per heavy atom. The van der Waals surface area contributed by atoms with Crippen LogP contribution in [0.5, 0.6) is 0 Å². The van der Waals surface area contributed by atoms with Crippen molar-refractivity contribution >= 4 is 11.8 Å². The third-order valence-corrected chi connectivity index (χ3v) is 6.71. The average molecular weight is 470 g/mol. The number of carbonyl (C=O) groups is 2. The summed E-state index contributed by atoms with van der Waals surface area (Å²) in [4.78, 5) is 26.5. The first kappa shape index (κ1) is 24.7. The molecule has 35 heavy (non-hydrogen) atoms. The van der Waals surface area contributed by atoms with Crippen molar-refractivity contribution in [2.24, 2.45) is 0 Å². The molecule has 4 rings (SSSR count). The quantitative estimate of drug-likeness (QED) is 0.378. The van der Waals surface area contributed by atoms with Gasteiger partial charge in [-0.15, -0.1) is 0 Å². The molecule has 3 aromatic carbocycles. The van der Waals surface area contributed by atoms with Gasteiger partial charge in [0, 0.05) is 32.5 Å². The number of carbonyl (C=O) groups excluding carboxylic acids is 2. The van der Waals surface area contributed by atoms with Gasteiger partial charge in [0.15, 0.2) is 0 Å². The molecule has 5 nitrogen and oxygen atoms in total. The molecule has 1 fully saturated rings. The molecule has 1 aliphatic heterocycles. The summed E-state index contributed by atoms with van der Waals surface area (Å²) in [5, 5.41) is 6.78. The molecule has 0 radical (unpaired) electrons. The fraction of sp³-hybridized carbons (Fsp3) is 0.333. The van der Waals surface area contributed by atoms with Crippen molar-refractivity contribution in [2.75, 3.05) is 26.2 Å². The molecule has 0 atom stereocenters. The maximum atomic E-state index is 12.8. The van der Waals surface area contributed by atoms with Crippen molar-refractivity contribution in [1.29, 1.82) is 0 Å². The van der Waals surface area contributed by atoms with Crippen LogP contribution in [-0.2, 0) is 15.1 Å². The fourth-order valence-electron chi connectivity index (χ4n) is 4.90. The van der Waals surface area contributed by atoms with Crippen LogP contribution in [-0.4, -0.2) is 42.9 Å². The average Bonchev–Trinajstić information content (AvgIpc) is 2.92. The predicted octanol–water partition coefficient (Wildman–Crippen LogP) is 4.48. The normalized spacial score (nSPS) is 15.5. The molecule has 3 aromatic rings. The van der Waals surface area contributed by atoms with E-state index in [-0.39, 0.29) is 24.7 Å². The van der Waals surface area contributed by atoms with Gasteiger partial charge >= 0.3 is 0 Å². The highest BCUT2D eigenvalue weighted by Crippen LogP contribution is 2.36. The number of hydrogen-bond donors (Lipinski definition) is 2. The van der Waals surface area contributed by atoms with Crippen LogP contribution in [0.4, 0.5) is 0 Å². The summed E-state index contributed by atoms with van der Waals surface area (Å²) in [6.45, 7) is 2.86. The largest absolute Gasteiger partial charge is 0.356 e. The molecule has 1 heterocycles. The van der Waals surface area contributed by atoms with Crippen LogP contribution in [0.25, 0.3) is 0 Å². The second-order valence-corrected chi connectivity index (χ2v) is 9.07. The van der Waals surface area contributed by atoms with Crippen molar-refractivity contribution in [2.45, 2.75) is 37.6 Å². The summed E-state index contributed by atoms with van der Waals surface area (Å²) in [6, 6.07) is 31.7. The van der Waals surface area contributed by atoms with Crippen molar-refractivity contribution in [3.05, 3.63) is 108 Å². The Morgan fingerprint density at radius 1 is 0.743 bits per heavy atom. The van der Waals surface area contributed by atoms with Gasteiger partial charge in [-0.2, -0.15) is 0 Å². The zero-order valence-corrected chi connectivity index (χ0v) is 20.3. The highest BCUT2D eigenvalue weighted by atomic mass is 16.2. The standard InChI is InChI=1S/C30H35N3O2/c34-28-19-20-29(35)33(23-11-10-21-31-28)24-12-22-32-30(25-13-4-1-5-14-25,26-15-6-2-7-16-26)27-17-8-3-9-18-27/h1-9,13-18,32H,10-12,19-24H2,(H,31,34). The second kappa shape index (κ2) is 12.3. The molecular formula is C30H35N3O2. The van der Waals surface area contributed by atoms with E-state index in [1.54, 1.807) is 0 Å². The number of amides is 2. The lowest BCUT2D eigenvalue weighted by Gasteiger charge is -2.37. The van der Waals surface area contributed by atoms with Gasteiger partial charge in [-0.3, -0.25) is 14.9 Å². The third kappa shape index (κ3) is 6.17. The van der Waals surface area contributed by atoms with Gasteiger partial charge in [0.05, 0.1) is 5.54 Å². The number of benzene rings is 3. The van der Waals surface area contributed by atoms with Crippen LogP contribution in [0.2, 0.25) is 0 Å². The Morgan fingerprint density at radius 3 is 1.83 bits per heavy atom. The summed E-state index contributed by atoms with van der Waals surface area (Å²) in [6.07, 6.45) is 3.18. The first-order valence-electron chi connectivity index (χ1n) is 12.7. The molecule has 1 saturated heterocycles. The molecule has 0 aliphatic carbocycles. The summed E-state index contributed by atoms with van der Waals surface area (Å²) in [5.74, 6) is 0.0442. The molecule has 0 saturated carbocycles. The molecule has 2 N–H and O–H groups in total. The lowest BCUT2D eigenvalue weighted by molar-refractivity contribution is -0.134. The van der Waals surface area contributed by atoms with E-state index < -0.39 is 5.54 Å². The summed E-state index contributed by atoms with van der Waals surface area (Å²) in [7, 11) is 0. The van der Waals surface area contributed by atoms with Crippen LogP contribution in [0.15, 0.2) is 91.0 Å². The maximum Gasteiger partial charge on any atom is 0.223 e. The highest BCUT2D eigenvalue weighted by Gasteiger charge is 2.35. The van der Waals surface area contributed by atoms with Crippen molar-refractivity contribution in [1.82, 2.24) is 15.5 Å². The van der Waals surface area contributed by atoms with Gasteiger partial charge in [0.25, 0.3) is 0 Å². The van der Waals surface area contributed by atoms with Crippen LogP contribution in [0.3, 0.4) is 0 Å². The molecule has 0 spiro atoms. The zero-order valence-electron chi connectivity index (χ0n) is 20.3. The van der Waals surface area contributed by atoms with Gasteiger partial charge < -0.3 is 10.2 Å². The minimum atomic E-state index is -0.502. The van der Waals surface area contributed by atoms with E-state index in [1.807, 2.05) is 23.1 Å². The van der Waals surface area contributed by atoms with Gasteiger partial charge in [0.2, 0.25) is 11.8 Å². The van der Waals surface area contributed by atoms with Crippen LogP contribution in [0.1, 0.15) is 48.8 Å². The SMILES string of the molecule is O=C1CCC(=O)N(CCCNC(c2ccccc2)(c2ccccc2)c2ccccc2)CCCCN1. The number of rotatable bonds is 8. The fourth-order valence-corrected chi connectivity index (χ4v) is 4.90. The maximum absolute atomic E-state index is 12.8. The van der Waals surface area contributed by atoms with Gasteiger partial charge in [-0.25, -0.2) is 0 Å². The van der Waals surface area contributed by atoms with E-state index in [9.17, 15) is 9.59 Å². The van der Waals surface area contributed by atoms with E-state index in [4.69, 9.17) is 0 Å². The Balaban J connectivity index is 1.54. The first-order chi connectivity index (χ1) is 17.2. The topological polar surface area (TPSA) is 61.4 Å². The van der Waals surface area contributed by atoms with Crippen LogP contribution < -0.4 is 10.6 Å². The number of hydrogen-bond acceptors (Lipinski definition) is 3. The molecule has 2 amide bonds. The summed E-state index contributed by atoms with van der Waals surface area (Å²) in [5.41, 5.74) is 3.04. The van der Waals surface area contributed by atoms with Gasteiger partial charge in [-0.1, -0.05) is 91.0 Å². The van der Waals surface area contributed by atoms with Gasteiger partial charge in [0.1, 0.15) is 0 Å². The molecule has 182 valence electrons. The molecule has 0 unspecified atom stereocenters. The second-order valence-electron chi connectivity index (χ2n) is 9.07. The Hall–Kier alpha value is -3.44. The molecule has 0 aromatic heterocycles. The minimum absolute atomic E-state index is 0.0276. The lowest BCUT2D eigenvalue weighted by atomic mass is 9.77. The number of nitrogens with zero attached hydrogens (tertiary/aromatic N) is 1. The Bertz CT molecular complexity index is 974. The van der Waals surface area contributed by atoms with Crippen molar-refractivity contribution in [3.8, 4) is 0 Å². The van der Waals surface area contributed by atoms with Crippen molar-refractivity contribution in [3.63, 3.8) is 0 Å². The predicted molar refractivity (Wildman–Crippen MR) is 140 cm³/mol. The van der Waals surface area contributed by atoms with E-state index in [1.165, 1.54) is 16.7 Å². The highest BCUT2D eigenvalue weighted by molar-refractivity contribution is 5.83. The molecule has 1 aliphatic rings. The first-order valence-corrected chi connectivity index (χ1v) is 12.7. The lowest BCUT2D eigenvalue weighted by Crippen LogP contribution is -2.46. The molecule has 0 bridgehead atoms. The van der Waals surface area contributed by atoms with E-state index in [2.05, 4.69) is 83.4 Å². The Labute approximate surface area is 208 Å². The van der Waals surface area contributed by atoms with E-state index in [0.29, 0.717) is 13.1 Å². The number of nitrogens with one attached hydrogen (secondary N) is 2. The Kier molecular flexibility index (Phi) is 8.68. The molecular weight excluding hydrogens is 434 g/mol. The minimum Gasteiger partial charge on any atom is -0.356 e. The third-order valence-electron chi connectivity index (χ3n) is 6.71.